The minimum absolute atomic E-state index is 0.584. The minimum atomic E-state index is 0.584. The molecule has 2 heteroatoms. The van der Waals surface area contributed by atoms with Crippen LogP contribution in [-0.2, 0) is 6.54 Å². The van der Waals surface area contributed by atoms with E-state index in [2.05, 4.69) is 37.2 Å². The van der Waals surface area contributed by atoms with Crippen molar-refractivity contribution in [1.29, 1.82) is 0 Å². The Labute approximate surface area is 104 Å². The van der Waals surface area contributed by atoms with Gasteiger partial charge < -0.3 is 10.1 Å². The molecular formula is C15H21NO. The van der Waals surface area contributed by atoms with Gasteiger partial charge in [-0.15, -0.1) is 12.3 Å². The first-order valence-corrected chi connectivity index (χ1v) is 6.14. The van der Waals surface area contributed by atoms with Crippen molar-refractivity contribution >= 4 is 0 Å². The molecule has 0 atom stereocenters. The zero-order valence-electron chi connectivity index (χ0n) is 10.8. The van der Waals surface area contributed by atoms with Gasteiger partial charge in [0, 0.05) is 18.5 Å². The monoisotopic (exact) mass is 231 g/mol. The number of hydrogen-bond acceptors (Lipinski definition) is 2. The molecule has 0 saturated heterocycles. The zero-order chi connectivity index (χ0) is 12.5. The van der Waals surface area contributed by atoms with E-state index in [1.807, 2.05) is 6.07 Å². The highest BCUT2D eigenvalue weighted by Gasteiger charge is 2.03. The lowest BCUT2D eigenvalue weighted by Crippen LogP contribution is -2.15. The fraction of sp³-hybridized carbons (Fsp3) is 0.467. The van der Waals surface area contributed by atoms with E-state index in [0.717, 1.165) is 25.3 Å². The third-order valence-corrected chi connectivity index (χ3v) is 2.46. The molecule has 0 bridgehead atoms. The highest BCUT2D eigenvalue weighted by atomic mass is 16.5. The maximum atomic E-state index is 5.68. The van der Waals surface area contributed by atoms with Crippen LogP contribution in [0.4, 0.5) is 0 Å². The summed E-state index contributed by atoms with van der Waals surface area (Å²) in [6.07, 6.45) is 7.00. The van der Waals surface area contributed by atoms with Gasteiger partial charge in [0.05, 0.1) is 6.61 Å². The lowest BCUT2D eigenvalue weighted by Gasteiger charge is -2.12. The second-order valence-corrected chi connectivity index (χ2v) is 4.09. The first kappa shape index (κ1) is 13.6. The van der Waals surface area contributed by atoms with Gasteiger partial charge in [-0.05, 0) is 26.0 Å². The van der Waals surface area contributed by atoms with Gasteiger partial charge in [0.1, 0.15) is 5.75 Å². The average molecular weight is 231 g/mol. The van der Waals surface area contributed by atoms with Crippen LogP contribution in [0.5, 0.6) is 5.75 Å². The summed E-state index contributed by atoms with van der Waals surface area (Å²) in [5.41, 5.74) is 2.46. The molecule has 0 radical (unpaired) electrons. The molecule has 0 aliphatic rings. The number of ether oxygens (including phenoxy) is 1. The Bertz CT molecular complexity index is 379. The van der Waals surface area contributed by atoms with E-state index in [-0.39, 0.29) is 0 Å². The maximum Gasteiger partial charge on any atom is 0.123 e. The summed E-state index contributed by atoms with van der Waals surface area (Å²) in [7, 11) is 0. The van der Waals surface area contributed by atoms with Crippen molar-refractivity contribution in [3.05, 3.63) is 29.3 Å². The first-order chi connectivity index (χ1) is 8.27. The highest BCUT2D eigenvalue weighted by Crippen LogP contribution is 2.20. The van der Waals surface area contributed by atoms with Crippen LogP contribution in [0.25, 0.3) is 0 Å². The first-order valence-electron chi connectivity index (χ1n) is 6.14. The SMILES string of the molecule is C#CCCOc1ccc(C)cc1CNCCC. The quantitative estimate of drug-likeness (QED) is 0.575. The Kier molecular flexibility index (Phi) is 6.21. The minimum Gasteiger partial charge on any atom is -0.492 e. The van der Waals surface area contributed by atoms with E-state index >= 15 is 0 Å². The molecule has 1 aromatic carbocycles. The molecule has 1 rings (SSSR count). The molecule has 0 fully saturated rings. The Morgan fingerprint density at radius 1 is 1.41 bits per heavy atom. The summed E-state index contributed by atoms with van der Waals surface area (Å²) in [5.74, 6) is 3.52. The molecule has 17 heavy (non-hydrogen) atoms. The third kappa shape index (κ3) is 4.93. The predicted octanol–water partition coefficient (Wildman–Crippen LogP) is 2.90. The van der Waals surface area contributed by atoms with Gasteiger partial charge in [0.15, 0.2) is 0 Å². The lowest BCUT2D eigenvalue weighted by atomic mass is 10.1. The molecule has 0 amide bonds. The van der Waals surface area contributed by atoms with E-state index in [9.17, 15) is 0 Å². The van der Waals surface area contributed by atoms with E-state index < -0.39 is 0 Å². The van der Waals surface area contributed by atoms with E-state index in [1.165, 1.54) is 11.1 Å². The van der Waals surface area contributed by atoms with Crippen molar-refractivity contribution in [3.8, 4) is 18.1 Å². The Morgan fingerprint density at radius 3 is 2.94 bits per heavy atom. The molecule has 0 aliphatic heterocycles. The van der Waals surface area contributed by atoms with Crippen LogP contribution in [0.2, 0.25) is 0 Å². The molecule has 1 N–H and O–H groups in total. The number of rotatable bonds is 7. The number of benzene rings is 1. The van der Waals surface area contributed by atoms with Gasteiger partial charge in [0.2, 0.25) is 0 Å². The fourth-order valence-electron chi connectivity index (χ4n) is 1.61. The molecule has 0 spiro atoms. The van der Waals surface area contributed by atoms with Crippen LogP contribution >= 0.6 is 0 Å². The normalized spacial score (nSPS) is 9.94. The van der Waals surface area contributed by atoms with Gasteiger partial charge in [-0.2, -0.15) is 0 Å². The van der Waals surface area contributed by atoms with Crippen molar-refractivity contribution in [2.45, 2.75) is 33.2 Å². The fourth-order valence-corrected chi connectivity index (χ4v) is 1.61. The molecule has 0 aromatic heterocycles. The summed E-state index contributed by atoms with van der Waals surface area (Å²) in [4.78, 5) is 0. The maximum absolute atomic E-state index is 5.68. The van der Waals surface area contributed by atoms with E-state index in [1.54, 1.807) is 0 Å². The standard InChI is InChI=1S/C15H21NO/c1-4-6-10-17-15-8-7-13(3)11-14(15)12-16-9-5-2/h1,7-8,11,16H,5-6,9-10,12H2,2-3H3. The second kappa shape index (κ2) is 7.76. The largest absolute Gasteiger partial charge is 0.492 e. The summed E-state index contributed by atoms with van der Waals surface area (Å²) < 4.78 is 5.68. The van der Waals surface area contributed by atoms with Crippen molar-refractivity contribution < 1.29 is 4.74 Å². The summed E-state index contributed by atoms with van der Waals surface area (Å²) >= 11 is 0. The predicted molar refractivity (Wildman–Crippen MR) is 72.1 cm³/mol. The topological polar surface area (TPSA) is 21.3 Å². The van der Waals surface area contributed by atoms with Crippen molar-refractivity contribution in [3.63, 3.8) is 0 Å². The number of terminal acetylenes is 1. The molecular weight excluding hydrogens is 210 g/mol. The number of hydrogen-bond donors (Lipinski definition) is 1. The van der Waals surface area contributed by atoms with Crippen LogP contribution in [-0.4, -0.2) is 13.2 Å². The Hall–Kier alpha value is -1.46. The van der Waals surface area contributed by atoms with Gasteiger partial charge in [-0.3, -0.25) is 0 Å². The van der Waals surface area contributed by atoms with E-state index in [0.29, 0.717) is 13.0 Å². The molecule has 0 saturated carbocycles. The molecule has 0 heterocycles. The van der Waals surface area contributed by atoms with Gasteiger partial charge in [-0.1, -0.05) is 24.6 Å². The summed E-state index contributed by atoms with van der Waals surface area (Å²) in [6.45, 7) is 6.71. The molecule has 0 aliphatic carbocycles. The zero-order valence-corrected chi connectivity index (χ0v) is 10.8. The number of aryl methyl sites for hydroxylation is 1. The van der Waals surface area contributed by atoms with Crippen molar-refractivity contribution in [1.82, 2.24) is 5.32 Å². The molecule has 92 valence electrons. The highest BCUT2D eigenvalue weighted by molar-refractivity contribution is 5.36. The summed E-state index contributed by atoms with van der Waals surface area (Å²) in [5, 5.41) is 3.39. The molecule has 2 nitrogen and oxygen atoms in total. The second-order valence-electron chi connectivity index (χ2n) is 4.09. The van der Waals surface area contributed by atoms with Crippen LogP contribution < -0.4 is 10.1 Å². The average Bonchev–Trinajstić information content (AvgIpc) is 2.32. The smallest absolute Gasteiger partial charge is 0.123 e. The van der Waals surface area contributed by atoms with Crippen molar-refractivity contribution in [2.24, 2.45) is 0 Å². The number of nitrogens with one attached hydrogen (secondary N) is 1. The molecule has 1 aromatic rings. The van der Waals surface area contributed by atoms with Gasteiger partial charge in [-0.25, -0.2) is 0 Å². The molecule has 0 unspecified atom stereocenters. The third-order valence-electron chi connectivity index (χ3n) is 2.46. The summed E-state index contributed by atoms with van der Waals surface area (Å²) in [6, 6.07) is 6.25. The van der Waals surface area contributed by atoms with Crippen molar-refractivity contribution in [2.75, 3.05) is 13.2 Å². The van der Waals surface area contributed by atoms with E-state index in [4.69, 9.17) is 11.2 Å². The Balaban J connectivity index is 2.63. The Morgan fingerprint density at radius 2 is 2.24 bits per heavy atom. The van der Waals surface area contributed by atoms with Crippen LogP contribution in [0.3, 0.4) is 0 Å². The van der Waals surface area contributed by atoms with Gasteiger partial charge in [0.25, 0.3) is 0 Å². The van der Waals surface area contributed by atoms with Gasteiger partial charge >= 0.3 is 0 Å². The van der Waals surface area contributed by atoms with Crippen LogP contribution in [0.1, 0.15) is 30.9 Å². The lowest BCUT2D eigenvalue weighted by molar-refractivity contribution is 0.323. The van der Waals surface area contributed by atoms with Crippen LogP contribution in [0, 0.1) is 19.3 Å². The van der Waals surface area contributed by atoms with Crippen LogP contribution in [0.15, 0.2) is 18.2 Å².